The van der Waals surface area contributed by atoms with Gasteiger partial charge < -0.3 is 0 Å². The molecule has 0 aromatic heterocycles. The number of hydrogen-bond acceptors (Lipinski definition) is 0. The first-order valence-corrected chi connectivity index (χ1v) is 4.96. The van der Waals surface area contributed by atoms with Crippen molar-refractivity contribution in [3.05, 3.63) is 0 Å². The fraction of sp³-hybridized carbons (Fsp3) is 1.00. The van der Waals surface area contributed by atoms with Crippen LogP contribution < -0.4 is 0 Å². The Hall–Kier alpha value is -0.0700. The molecule has 0 bridgehead atoms. The van der Waals surface area contributed by atoms with Gasteiger partial charge in [0.15, 0.2) is 0 Å². The highest BCUT2D eigenvalue weighted by atomic mass is 19.1. The first-order valence-electron chi connectivity index (χ1n) is 4.96. The maximum Gasteiger partial charge on any atom is 0.114 e. The van der Waals surface area contributed by atoms with Gasteiger partial charge in [-0.05, 0) is 37.5 Å². The van der Waals surface area contributed by atoms with Crippen molar-refractivity contribution in [2.45, 2.75) is 52.6 Å². The summed E-state index contributed by atoms with van der Waals surface area (Å²) in [5, 5.41) is 0. The summed E-state index contributed by atoms with van der Waals surface area (Å²) in [6, 6.07) is 0. The molecule has 2 saturated carbocycles. The number of halogens is 1. The van der Waals surface area contributed by atoms with Gasteiger partial charge in [-0.2, -0.15) is 0 Å². The quantitative estimate of drug-likeness (QED) is 0.521. The minimum absolute atomic E-state index is 0.130. The first-order chi connectivity index (χ1) is 5.27. The number of rotatable bonds is 0. The average molecular weight is 170 g/mol. The lowest BCUT2D eigenvalue weighted by Gasteiger charge is -2.45. The van der Waals surface area contributed by atoms with Crippen LogP contribution in [0.1, 0.15) is 47.0 Å². The molecule has 0 heterocycles. The molecule has 2 aliphatic carbocycles. The lowest BCUT2D eigenvalue weighted by atomic mass is 9.60. The van der Waals surface area contributed by atoms with Gasteiger partial charge in [0.25, 0.3) is 0 Å². The van der Waals surface area contributed by atoms with E-state index in [1.54, 1.807) is 6.92 Å². The summed E-state index contributed by atoms with van der Waals surface area (Å²) in [6.07, 6.45) is 3.08. The molecule has 0 nitrogen and oxygen atoms in total. The van der Waals surface area contributed by atoms with E-state index in [-0.39, 0.29) is 5.41 Å². The summed E-state index contributed by atoms with van der Waals surface area (Å²) < 4.78 is 13.5. The van der Waals surface area contributed by atoms with Crippen molar-refractivity contribution in [3.63, 3.8) is 0 Å². The fourth-order valence-corrected chi connectivity index (χ4v) is 2.66. The van der Waals surface area contributed by atoms with Crippen LogP contribution in [-0.4, -0.2) is 5.67 Å². The molecule has 0 saturated heterocycles. The van der Waals surface area contributed by atoms with Crippen LogP contribution in [0, 0.1) is 16.7 Å². The van der Waals surface area contributed by atoms with Gasteiger partial charge in [0.05, 0.1) is 0 Å². The molecule has 2 fully saturated rings. The molecule has 1 spiro atoms. The highest BCUT2D eigenvalue weighted by Gasteiger charge is 2.71. The van der Waals surface area contributed by atoms with E-state index in [0.717, 1.165) is 25.2 Å². The maximum atomic E-state index is 13.5. The van der Waals surface area contributed by atoms with Gasteiger partial charge in [-0.15, -0.1) is 0 Å². The van der Waals surface area contributed by atoms with Gasteiger partial charge in [0, 0.05) is 5.41 Å². The van der Waals surface area contributed by atoms with Crippen LogP contribution in [0.15, 0.2) is 0 Å². The Balaban J connectivity index is 1.94. The molecule has 1 unspecified atom stereocenters. The number of hydrogen-bond donors (Lipinski definition) is 0. The highest BCUT2D eigenvalue weighted by Crippen LogP contribution is 2.73. The molecule has 0 radical (unpaired) electrons. The van der Waals surface area contributed by atoms with Gasteiger partial charge in [-0.1, -0.05) is 20.8 Å². The molecule has 0 aromatic carbocycles. The average Bonchev–Trinajstić information content (AvgIpc) is 2.27. The van der Waals surface area contributed by atoms with E-state index in [4.69, 9.17) is 0 Å². The van der Waals surface area contributed by atoms with E-state index < -0.39 is 5.67 Å². The number of alkyl halides is 1. The minimum Gasteiger partial charge on any atom is -0.244 e. The lowest BCUT2D eigenvalue weighted by molar-refractivity contribution is 0.0231. The molecular formula is C11H19F. The van der Waals surface area contributed by atoms with Crippen LogP contribution in [0.2, 0.25) is 0 Å². The maximum absolute atomic E-state index is 13.5. The Morgan fingerprint density at radius 3 is 1.92 bits per heavy atom. The van der Waals surface area contributed by atoms with Gasteiger partial charge in [0.1, 0.15) is 5.67 Å². The standard InChI is InChI=1S/C11H19F/c1-9(2,3)8-5-11(6-8)7-10(11,4)12/h8H,5-7H2,1-4H3. The molecule has 70 valence electrons. The molecule has 12 heavy (non-hydrogen) atoms. The largest absolute Gasteiger partial charge is 0.244 e. The molecule has 2 aliphatic rings. The molecule has 1 heteroatoms. The summed E-state index contributed by atoms with van der Waals surface area (Å²) in [5.74, 6) is 0.759. The third kappa shape index (κ3) is 0.946. The Morgan fingerprint density at radius 1 is 1.25 bits per heavy atom. The van der Waals surface area contributed by atoms with Crippen molar-refractivity contribution < 1.29 is 4.39 Å². The van der Waals surface area contributed by atoms with Crippen LogP contribution in [0.4, 0.5) is 4.39 Å². The lowest BCUT2D eigenvalue weighted by Crippen LogP contribution is -2.38. The van der Waals surface area contributed by atoms with Crippen LogP contribution in [0.3, 0.4) is 0 Å². The summed E-state index contributed by atoms with van der Waals surface area (Å²) in [7, 11) is 0. The van der Waals surface area contributed by atoms with E-state index >= 15 is 0 Å². The van der Waals surface area contributed by atoms with E-state index in [1.807, 2.05) is 0 Å². The summed E-state index contributed by atoms with van der Waals surface area (Å²) >= 11 is 0. The van der Waals surface area contributed by atoms with Crippen molar-refractivity contribution in [2.24, 2.45) is 16.7 Å². The van der Waals surface area contributed by atoms with Gasteiger partial charge >= 0.3 is 0 Å². The minimum atomic E-state index is -0.811. The van der Waals surface area contributed by atoms with Crippen molar-refractivity contribution in [1.29, 1.82) is 0 Å². The highest BCUT2D eigenvalue weighted by molar-refractivity contribution is 5.20. The van der Waals surface area contributed by atoms with Crippen LogP contribution in [0.5, 0.6) is 0 Å². The zero-order chi connectivity index (χ0) is 9.20. The second-order valence-electron chi connectivity index (χ2n) is 6.13. The van der Waals surface area contributed by atoms with E-state index in [1.165, 1.54) is 0 Å². The third-order valence-corrected chi connectivity index (χ3v) is 4.15. The van der Waals surface area contributed by atoms with Crippen LogP contribution in [-0.2, 0) is 0 Å². The molecule has 0 N–H and O–H groups in total. The molecule has 2 rings (SSSR count). The van der Waals surface area contributed by atoms with Gasteiger partial charge in [-0.3, -0.25) is 0 Å². The predicted octanol–water partition coefficient (Wildman–Crippen LogP) is 3.56. The van der Waals surface area contributed by atoms with Gasteiger partial charge in [-0.25, -0.2) is 4.39 Å². The SMILES string of the molecule is CC(C)(C)C1CC2(C1)CC2(C)F. The van der Waals surface area contributed by atoms with E-state index in [2.05, 4.69) is 20.8 Å². The smallest absolute Gasteiger partial charge is 0.114 e. The topological polar surface area (TPSA) is 0 Å². The monoisotopic (exact) mass is 170 g/mol. The molecular weight excluding hydrogens is 151 g/mol. The summed E-state index contributed by atoms with van der Waals surface area (Å²) in [4.78, 5) is 0. The fourth-order valence-electron chi connectivity index (χ4n) is 2.66. The first kappa shape index (κ1) is 8.52. The third-order valence-electron chi connectivity index (χ3n) is 4.15. The molecule has 0 aromatic rings. The van der Waals surface area contributed by atoms with Crippen molar-refractivity contribution in [2.75, 3.05) is 0 Å². The Kier molecular flexibility index (Phi) is 1.34. The van der Waals surface area contributed by atoms with E-state index in [9.17, 15) is 4.39 Å². The second kappa shape index (κ2) is 1.88. The molecule has 0 amide bonds. The Labute approximate surface area is 74.5 Å². The zero-order valence-electron chi connectivity index (χ0n) is 8.58. The van der Waals surface area contributed by atoms with Crippen molar-refractivity contribution >= 4 is 0 Å². The van der Waals surface area contributed by atoms with E-state index in [0.29, 0.717) is 5.41 Å². The van der Waals surface area contributed by atoms with Crippen LogP contribution in [0.25, 0.3) is 0 Å². The Bertz CT molecular complexity index is 204. The predicted molar refractivity (Wildman–Crippen MR) is 48.7 cm³/mol. The summed E-state index contributed by atoms with van der Waals surface area (Å²) in [6.45, 7) is 8.57. The molecule has 0 aliphatic heterocycles. The zero-order valence-corrected chi connectivity index (χ0v) is 8.58. The van der Waals surface area contributed by atoms with Crippen molar-refractivity contribution in [1.82, 2.24) is 0 Å². The normalized spacial score (nSPS) is 52.2. The summed E-state index contributed by atoms with van der Waals surface area (Å²) in [5.41, 5.74) is -0.288. The second-order valence-corrected chi connectivity index (χ2v) is 6.13. The Morgan fingerprint density at radius 2 is 1.67 bits per heavy atom. The van der Waals surface area contributed by atoms with Gasteiger partial charge in [0.2, 0.25) is 0 Å². The van der Waals surface area contributed by atoms with Crippen LogP contribution >= 0.6 is 0 Å². The van der Waals surface area contributed by atoms with Crippen molar-refractivity contribution in [3.8, 4) is 0 Å². The molecule has 1 atom stereocenters.